The number of carbonyl (C=O) groups excluding carboxylic acids is 1. The van der Waals surface area contributed by atoms with E-state index in [0.29, 0.717) is 13.0 Å². The number of alkyl halides is 17. The maximum absolute atomic E-state index is 14.8. The van der Waals surface area contributed by atoms with Crippen molar-refractivity contribution < 1.29 is 88.9 Å². The van der Waals surface area contributed by atoms with Gasteiger partial charge in [-0.3, -0.25) is 19.2 Å². The highest BCUT2D eigenvalue weighted by Crippen LogP contribution is 2.56. The number of hydrogen-bond donors (Lipinski definition) is 0. The summed E-state index contributed by atoms with van der Waals surface area (Å²) < 4.78 is 228. The zero-order chi connectivity index (χ0) is 30.0. The van der Waals surface area contributed by atoms with Crippen molar-refractivity contribution in [1.29, 1.82) is 0 Å². The van der Waals surface area contributed by atoms with Crippen molar-refractivity contribution in [3.05, 3.63) is 0 Å². The van der Waals surface area contributed by atoms with E-state index in [9.17, 15) is 79.4 Å². The first-order valence-corrected chi connectivity index (χ1v) is 9.80. The van der Waals surface area contributed by atoms with E-state index in [2.05, 4.69) is 4.74 Å². The minimum absolute atomic E-state index is 0.170. The lowest BCUT2D eigenvalue weighted by atomic mass is 10.1. The molecule has 0 aromatic carbocycles. The molecule has 1 amide bonds. The quantitative estimate of drug-likeness (QED) is 0.377. The highest BCUT2D eigenvalue weighted by molar-refractivity contribution is 5.85. The average Bonchev–Trinajstić information content (AvgIpc) is 3.17. The zero-order valence-corrected chi connectivity index (χ0v) is 17.9. The van der Waals surface area contributed by atoms with Gasteiger partial charge in [0.15, 0.2) is 0 Å². The van der Waals surface area contributed by atoms with Crippen LogP contribution in [0.1, 0.15) is 12.8 Å². The largest absolute Gasteiger partial charge is 0.462 e. The third-order valence-corrected chi connectivity index (χ3v) is 5.51. The molecule has 0 aromatic heterocycles. The molecular weight excluding hydrogens is 591 g/mol. The minimum Gasteiger partial charge on any atom is -0.335 e. The molecule has 0 aromatic rings. The first kappa shape index (κ1) is 32.4. The molecule has 0 radical (unpaired) electrons. The van der Waals surface area contributed by atoms with Gasteiger partial charge in [-0.25, -0.2) is 0 Å². The third-order valence-electron chi connectivity index (χ3n) is 5.51. The molecule has 0 spiro atoms. The van der Waals surface area contributed by atoms with E-state index in [1.807, 2.05) is 0 Å². The third kappa shape index (κ3) is 5.30. The van der Waals surface area contributed by atoms with Crippen molar-refractivity contribution in [1.82, 2.24) is 9.80 Å². The zero-order valence-electron chi connectivity index (χ0n) is 17.9. The van der Waals surface area contributed by atoms with Crippen LogP contribution in [-0.2, 0) is 14.3 Å². The molecule has 2 aliphatic rings. The molecule has 0 aliphatic carbocycles. The Bertz CT molecular complexity index is 888. The molecule has 5 nitrogen and oxygen atoms in total. The fraction of sp³-hybridized carbons (Fsp3) is 0.938. The Morgan fingerprint density at radius 3 is 1.61 bits per heavy atom. The predicted molar refractivity (Wildman–Crippen MR) is 84.0 cm³/mol. The second-order valence-corrected chi connectivity index (χ2v) is 8.08. The Morgan fingerprint density at radius 2 is 1.16 bits per heavy atom. The summed E-state index contributed by atoms with van der Waals surface area (Å²) in [6.07, 6.45) is -37.8. The number of amides is 1. The normalized spacial score (nSPS) is 24.1. The number of nitrogens with zero attached hydrogens (tertiary/aromatic N) is 2. The fourth-order valence-electron chi connectivity index (χ4n) is 3.53. The molecule has 2 rings (SSSR count). The van der Waals surface area contributed by atoms with E-state index >= 15 is 0 Å². The van der Waals surface area contributed by atoms with Gasteiger partial charge >= 0.3 is 48.4 Å². The maximum Gasteiger partial charge on any atom is 0.462 e. The SMILES string of the molecule is O=C(N1CCN2CCC[C@@H]2C1)[C@@](F)(OC(F)(F)[C@](F)(OC(F)(F)C(F)(F)C(F)(F)F)C(F)(F)F)C(F)(F)F. The standard InChI is InChI=1S/C16H13F17N2O3/c17-9(12(21,22)23,8(36)35-5-4-34-3-1-2-7(34)6-35)37-16(32,33)11(20,14(27,28)29)38-15(30,31)10(18,19)13(24,25)26/h7H,1-6H2/t7-,9-,11-/m1/s1. The minimum atomic E-state index is -8.01. The van der Waals surface area contributed by atoms with Crippen LogP contribution in [0, 0.1) is 0 Å². The van der Waals surface area contributed by atoms with E-state index in [0.717, 1.165) is 0 Å². The van der Waals surface area contributed by atoms with Crippen LogP contribution < -0.4 is 0 Å². The number of carbonyl (C=O) groups is 1. The summed E-state index contributed by atoms with van der Waals surface area (Å²) in [6.45, 7) is -1.69. The lowest BCUT2D eigenvalue weighted by Crippen LogP contribution is -2.69. The van der Waals surface area contributed by atoms with Crippen LogP contribution >= 0.6 is 0 Å². The molecule has 38 heavy (non-hydrogen) atoms. The van der Waals surface area contributed by atoms with Crippen LogP contribution in [-0.4, -0.2) is 96.3 Å². The Labute approximate surface area is 199 Å². The highest BCUT2D eigenvalue weighted by Gasteiger charge is 2.85. The molecule has 0 N–H and O–H groups in total. The molecule has 0 unspecified atom stereocenters. The van der Waals surface area contributed by atoms with Crippen molar-refractivity contribution in [2.24, 2.45) is 0 Å². The number of fused-ring (bicyclic) bond motifs is 1. The number of hydrogen-bond acceptors (Lipinski definition) is 4. The lowest BCUT2D eigenvalue weighted by molar-refractivity contribution is -0.548. The van der Waals surface area contributed by atoms with E-state index < -0.39 is 73.4 Å². The van der Waals surface area contributed by atoms with Crippen LogP contribution in [0.3, 0.4) is 0 Å². The first-order chi connectivity index (χ1) is 16.6. The smallest absolute Gasteiger partial charge is 0.335 e. The summed E-state index contributed by atoms with van der Waals surface area (Å²) in [4.78, 5) is 13.5. The maximum atomic E-state index is 14.8. The van der Waals surface area contributed by atoms with Crippen molar-refractivity contribution in [3.8, 4) is 0 Å². The van der Waals surface area contributed by atoms with Gasteiger partial charge in [-0.05, 0) is 19.4 Å². The number of ether oxygens (including phenoxy) is 2. The van der Waals surface area contributed by atoms with Gasteiger partial charge in [0.1, 0.15) is 0 Å². The Balaban J connectivity index is 2.52. The second kappa shape index (κ2) is 9.37. The van der Waals surface area contributed by atoms with Crippen molar-refractivity contribution in [2.45, 2.75) is 67.3 Å². The molecule has 224 valence electrons. The summed E-state index contributed by atoms with van der Waals surface area (Å²) in [7, 11) is 0. The molecule has 2 aliphatic heterocycles. The van der Waals surface area contributed by atoms with Crippen LogP contribution in [0.2, 0.25) is 0 Å². The van der Waals surface area contributed by atoms with E-state index in [-0.39, 0.29) is 17.9 Å². The molecule has 2 fully saturated rings. The average molecular weight is 604 g/mol. The van der Waals surface area contributed by atoms with Crippen LogP contribution in [0.4, 0.5) is 74.6 Å². The van der Waals surface area contributed by atoms with Gasteiger partial charge in [0.25, 0.3) is 5.91 Å². The van der Waals surface area contributed by atoms with Crippen LogP contribution in [0.15, 0.2) is 0 Å². The van der Waals surface area contributed by atoms with E-state index in [4.69, 9.17) is 0 Å². The van der Waals surface area contributed by atoms with E-state index in [1.54, 1.807) is 4.90 Å². The second-order valence-electron chi connectivity index (χ2n) is 8.08. The van der Waals surface area contributed by atoms with Gasteiger partial charge in [-0.15, -0.1) is 0 Å². The summed E-state index contributed by atoms with van der Waals surface area (Å²) in [5.74, 6) is -25.7. The molecule has 2 saturated heterocycles. The molecule has 0 saturated carbocycles. The van der Waals surface area contributed by atoms with Gasteiger partial charge < -0.3 is 4.90 Å². The van der Waals surface area contributed by atoms with Gasteiger partial charge in [0.2, 0.25) is 0 Å². The molecule has 2 heterocycles. The molecular formula is C16H13F17N2O3. The number of halogens is 17. The van der Waals surface area contributed by atoms with Gasteiger partial charge in [-0.1, -0.05) is 0 Å². The Hall–Kier alpha value is -1.84. The summed E-state index contributed by atoms with van der Waals surface area (Å²) in [5.41, 5.74) is 0. The van der Waals surface area contributed by atoms with Gasteiger partial charge in [0, 0.05) is 25.7 Å². The topological polar surface area (TPSA) is 42.0 Å². The Morgan fingerprint density at radius 1 is 0.632 bits per heavy atom. The van der Waals surface area contributed by atoms with Crippen LogP contribution in [0.25, 0.3) is 0 Å². The van der Waals surface area contributed by atoms with Crippen LogP contribution in [0.5, 0.6) is 0 Å². The molecule has 0 bridgehead atoms. The van der Waals surface area contributed by atoms with Gasteiger partial charge in [0.05, 0.1) is 0 Å². The lowest BCUT2D eigenvalue weighted by Gasteiger charge is -2.43. The van der Waals surface area contributed by atoms with E-state index in [1.165, 1.54) is 4.74 Å². The summed E-state index contributed by atoms with van der Waals surface area (Å²) in [6, 6.07) is -0.784. The summed E-state index contributed by atoms with van der Waals surface area (Å²) >= 11 is 0. The number of piperazine rings is 1. The highest BCUT2D eigenvalue weighted by atomic mass is 19.4. The number of rotatable bonds is 7. The molecule has 22 heteroatoms. The summed E-state index contributed by atoms with van der Waals surface area (Å²) in [5, 5.41) is 0. The molecule has 3 atom stereocenters. The van der Waals surface area contributed by atoms with Crippen molar-refractivity contribution >= 4 is 5.91 Å². The van der Waals surface area contributed by atoms with Gasteiger partial charge in [-0.2, -0.15) is 74.6 Å². The first-order valence-electron chi connectivity index (χ1n) is 9.80. The fourth-order valence-corrected chi connectivity index (χ4v) is 3.53. The predicted octanol–water partition coefficient (Wildman–Crippen LogP) is 5.17. The van der Waals surface area contributed by atoms with Crippen molar-refractivity contribution in [3.63, 3.8) is 0 Å². The van der Waals surface area contributed by atoms with Crippen molar-refractivity contribution in [2.75, 3.05) is 26.2 Å². The monoisotopic (exact) mass is 604 g/mol. The Kier molecular flexibility index (Phi) is 7.99.